The number of hydrogen-bond acceptors (Lipinski definition) is 4. The van der Waals surface area contributed by atoms with Gasteiger partial charge in [0.15, 0.2) is 9.84 Å². The first-order chi connectivity index (χ1) is 9.27. The van der Waals surface area contributed by atoms with Crippen LogP contribution in [0.3, 0.4) is 0 Å². The van der Waals surface area contributed by atoms with Crippen LogP contribution in [0.5, 0.6) is 0 Å². The molecule has 0 saturated carbocycles. The van der Waals surface area contributed by atoms with Crippen LogP contribution >= 0.6 is 11.3 Å². The minimum absolute atomic E-state index is 0.115. The van der Waals surface area contributed by atoms with E-state index in [1.54, 1.807) is 25.2 Å². The van der Waals surface area contributed by atoms with Crippen LogP contribution in [0, 0.1) is 0 Å². The first-order valence-corrected chi connectivity index (χ1v) is 9.36. The molecule has 2 aromatic rings. The van der Waals surface area contributed by atoms with Crippen molar-refractivity contribution < 1.29 is 8.42 Å². The summed E-state index contributed by atoms with van der Waals surface area (Å²) in [6.07, 6.45) is 2.02. The molecule has 1 aromatic heterocycles. The van der Waals surface area contributed by atoms with Crippen molar-refractivity contribution in [1.29, 1.82) is 0 Å². The summed E-state index contributed by atoms with van der Waals surface area (Å²) < 4.78 is 24.5. The molecule has 0 aliphatic carbocycles. The molecule has 0 aliphatic heterocycles. The number of fused-ring (bicyclic) bond motifs is 1. The predicted molar refractivity (Wildman–Crippen MR) is 87.3 cm³/mol. The van der Waals surface area contributed by atoms with Gasteiger partial charge < -0.3 is 5.32 Å². The van der Waals surface area contributed by atoms with E-state index in [2.05, 4.69) is 22.8 Å². The molecule has 110 valence electrons. The molecule has 1 unspecified atom stereocenters. The molecular weight excluding hydrogens is 290 g/mol. The fraction of sp³-hybridized carbons (Fsp3) is 0.467. The van der Waals surface area contributed by atoms with E-state index >= 15 is 0 Å². The highest BCUT2D eigenvalue weighted by Crippen LogP contribution is 2.30. The molecule has 0 radical (unpaired) electrons. The number of sulfone groups is 1. The minimum atomic E-state index is -3.13. The van der Waals surface area contributed by atoms with Gasteiger partial charge in [0.2, 0.25) is 0 Å². The van der Waals surface area contributed by atoms with Gasteiger partial charge in [0, 0.05) is 17.0 Å². The van der Waals surface area contributed by atoms with Gasteiger partial charge in [-0.3, -0.25) is 0 Å². The van der Waals surface area contributed by atoms with Gasteiger partial charge in [0.05, 0.1) is 4.75 Å². The van der Waals surface area contributed by atoms with Gasteiger partial charge in [-0.1, -0.05) is 18.2 Å². The highest BCUT2D eigenvalue weighted by atomic mass is 32.2. The minimum Gasteiger partial charge on any atom is -0.315 e. The second-order valence-electron chi connectivity index (χ2n) is 5.68. The van der Waals surface area contributed by atoms with E-state index < -0.39 is 14.6 Å². The molecule has 1 N–H and O–H groups in total. The second-order valence-corrected chi connectivity index (χ2v) is 9.19. The fourth-order valence-electron chi connectivity index (χ4n) is 2.36. The zero-order chi connectivity index (χ0) is 15.0. The third-order valence-electron chi connectivity index (χ3n) is 4.13. The largest absolute Gasteiger partial charge is 0.315 e. The fourth-order valence-corrected chi connectivity index (χ4v) is 4.06. The van der Waals surface area contributed by atoms with Gasteiger partial charge in [-0.2, -0.15) is 0 Å². The number of benzene rings is 1. The van der Waals surface area contributed by atoms with Crippen molar-refractivity contribution in [3.8, 4) is 0 Å². The highest BCUT2D eigenvalue weighted by Gasteiger charge is 2.38. The van der Waals surface area contributed by atoms with E-state index in [9.17, 15) is 8.42 Å². The summed E-state index contributed by atoms with van der Waals surface area (Å²) in [5, 5.41) is 6.53. The molecule has 1 aromatic carbocycles. The maximum absolute atomic E-state index is 12.0. The molecule has 1 atom stereocenters. The summed E-state index contributed by atoms with van der Waals surface area (Å²) in [6.45, 7) is 3.58. The number of nitrogens with one attached hydrogen (secondary N) is 1. The second kappa shape index (κ2) is 5.47. The van der Waals surface area contributed by atoms with Crippen LogP contribution in [0.4, 0.5) is 0 Å². The number of thiophene rings is 1. The lowest BCUT2D eigenvalue weighted by atomic mass is 9.95. The quantitative estimate of drug-likeness (QED) is 0.923. The first kappa shape index (κ1) is 15.5. The van der Waals surface area contributed by atoms with Crippen LogP contribution in [0.2, 0.25) is 0 Å². The lowest BCUT2D eigenvalue weighted by Crippen LogP contribution is -2.51. The van der Waals surface area contributed by atoms with Gasteiger partial charge in [-0.15, -0.1) is 11.3 Å². The van der Waals surface area contributed by atoms with Crippen molar-refractivity contribution >= 4 is 31.3 Å². The van der Waals surface area contributed by atoms with E-state index in [0.29, 0.717) is 6.42 Å². The Balaban J connectivity index is 2.36. The van der Waals surface area contributed by atoms with Crippen molar-refractivity contribution in [3.05, 3.63) is 35.2 Å². The Bertz CT molecular complexity index is 701. The van der Waals surface area contributed by atoms with Crippen molar-refractivity contribution in [2.45, 2.75) is 31.1 Å². The standard InChI is InChI=1S/C15H21NO2S2/c1-15(2,20(4,17)18)14(16-3)9-11-10-19-13-8-6-5-7-12(11)13/h5-8,10,14,16H,9H2,1-4H3. The zero-order valence-electron chi connectivity index (χ0n) is 12.3. The van der Waals surface area contributed by atoms with Gasteiger partial charge in [-0.05, 0) is 49.7 Å². The Morgan fingerprint density at radius 1 is 1.30 bits per heavy atom. The number of likely N-dealkylation sites (N-methyl/N-ethyl adjacent to an activating group) is 1. The van der Waals surface area contributed by atoms with Crippen LogP contribution in [0.15, 0.2) is 29.6 Å². The summed E-state index contributed by atoms with van der Waals surface area (Å²) in [5.74, 6) is 0. The molecule has 3 nitrogen and oxygen atoms in total. The summed E-state index contributed by atoms with van der Waals surface area (Å²) in [6, 6.07) is 8.13. The molecule has 0 fully saturated rings. The Labute approximate surface area is 124 Å². The summed E-state index contributed by atoms with van der Waals surface area (Å²) >= 11 is 1.71. The average Bonchev–Trinajstić information content (AvgIpc) is 2.77. The monoisotopic (exact) mass is 311 g/mol. The highest BCUT2D eigenvalue weighted by molar-refractivity contribution is 7.92. The molecular formula is C15H21NO2S2. The van der Waals surface area contributed by atoms with Crippen LogP contribution in [0.1, 0.15) is 19.4 Å². The van der Waals surface area contributed by atoms with Crippen molar-refractivity contribution in [1.82, 2.24) is 5.32 Å². The number of hydrogen-bond donors (Lipinski definition) is 1. The van der Waals surface area contributed by atoms with Gasteiger partial charge in [0.1, 0.15) is 0 Å². The molecule has 0 saturated heterocycles. The van der Waals surface area contributed by atoms with E-state index in [1.807, 2.05) is 19.2 Å². The molecule has 1 heterocycles. The molecule has 0 bridgehead atoms. The SMILES string of the molecule is CNC(Cc1csc2ccccc12)C(C)(C)S(C)(=O)=O. The third-order valence-corrected chi connectivity index (χ3v) is 7.34. The van der Waals surface area contributed by atoms with Gasteiger partial charge >= 0.3 is 0 Å². The topological polar surface area (TPSA) is 46.2 Å². The smallest absolute Gasteiger partial charge is 0.154 e. The van der Waals surface area contributed by atoms with Crippen molar-refractivity contribution in [2.75, 3.05) is 13.3 Å². The normalized spacial score (nSPS) is 14.6. The lowest BCUT2D eigenvalue weighted by Gasteiger charge is -2.32. The van der Waals surface area contributed by atoms with Crippen molar-refractivity contribution in [3.63, 3.8) is 0 Å². The van der Waals surface area contributed by atoms with Crippen LogP contribution in [-0.2, 0) is 16.3 Å². The molecule has 0 amide bonds. The van der Waals surface area contributed by atoms with Crippen LogP contribution in [-0.4, -0.2) is 32.5 Å². The van der Waals surface area contributed by atoms with E-state index in [0.717, 1.165) is 0 Å². The Hall–Kier alpha value is -0.910. The molecule has 20 heavy (non-hydrogen) atoms. The molecule has 2 rings (SSSR count). The van der Waals surface area contributed by atoms with E-state index in [4.69, 9.17) is 0 Å². The van der Waals surface area contributed by atoms with Gasteiger partial charge in [-0.25, -0.2) is 8.42 Å². The van der Waals surface area contributed by atoms with Gasteiger partial charge in [0.25, 0.3) is 0 Å². The number of rotatable bonds is 5. The lowest BCUT2D eigenvalue weighted by molar-refractivity contribution is 0.432. The van der Waals surface area contributed by atoms with E-state index in [1.165, 1.54) is 21.9 Å². The average molecular weight is 311 g/mol. The zero-order valence-corrected chi connectivity index (χ0v) is 13.9. The Morgan fingerprint density at radius 3 is 2.55 bits per heavy atom. The Kier molecular flexibility index (Phi) is 4.23. The van der Waals surface area contributed by atoms with Crippen molar-refractivity contribution in [2.24, 2.45) is 0 Å². The maximum atomic E-state index is 12.0. The van der Waals surface area contributed by atoms with E-state index in [-0.39, 0.29) is 6.04 Å². The molecule has 0 spiro atoms. The summed E-state index contributed by atoms with van der Waals surface area (Å²) in [5.41, 5.74) is 1.21. The molecule has 5 heteroatoms. The third kappa shape index (κ3) is 2.75. The summed E-state index contributed by atoms with van der Waals surface area (Å²) in [7, 11) is -1.30. The Morgan fingerprint density at radius 2 is 1.95 bits per heavy atom. The first-order valence-electron chi connectivity index (χ1n) is 6.59. The van der Waals surface area contributed by atoms with Crippen LogP contribution in [0.25, 0.3) is 10.1 Å². The maximum Gasteiger partial charge on any atom is 0.154 e. The molecule has 0 aliphatic rings. The van der Waals surface area contributed by atoms with Crippen LogP contribution < -0.4 is 5.32 Å². The summed E-state index contributed by atoms with van der Waals surface area (Å²) in [4.78, 5) is 0. The predicted octanol–water partition coefficient (Wildman–Crippen LogP) is 2.86.